The zero-order valence-corrected chi connectivity index (χ0v) is 18.8. The highest BCUT2D eigenvalue weighted by Crippen LogP contribution is 2.41. The second-order valence-electron chi connectivity index (χ2n) is 7.57. The Balaban J connectivity index is 1.63. The molecule has 2 aliphatic rings. The van der Waals surface area contributed by atoms with E-state index in [1.165, 1.54) is 34.6 Å². The number of carbonyl (C=O) groups excluding carboxylic acids is 1. The minimum absolute atomic E-state index is 0.0201. The average molecular weight is 518 g/mol. The summed E-state index contributed by atoms with van der Waals surface area (Å²) in [6, 6.07) is 7.62. The number of nitrogens with zero attached hydrogens (tertiary/aromatic N) is 1. The van der Waals surface area contributed by atoms with Crippen molar-refractivity contribution in [2.24, 2.45) is 0 Å². The van der Waals surface area contributed by atoms with Gasteiger partial charge in [0, 0.05) is 23.3 Å². The maximum atomic E-state index is 13.7. The van der Waals surface area contributed by atoms with Gasteiger partial charge in [0.15, 0.2) is 0 Å². The maximum Gasteiger partial charge on any atom is 0.255 e. The molecule has 6 nitrogen and oxygen atoms in total. The first-order valence-corrected chi connectivity index (χ1v) is 12.1. The van der Waals surface area contributed by atoms with Crippen LogP contribution in [0, 0.1) is 5.82 Å². The fourth-order valence-electron chi connectivity index (χ4n) is 4.23. The Bertz CT molecular complexity index is 1100. The Morgan fingerprint density at radius 3 is 2.47 bits per heavy atom. The van der Waals surface area contributed by atoms with E-state index in [0.717, 1.165) is 6.07 Å². The van der Waals surface area contributed by atoms with Crippen LogP contribution in [-0.2, 0) is 10.0 Å². The second-order valence-corrected chi connectivity index (χ2v) is 10.6. The lowest BCUT2D eigenvalue weighted by Crippen LogP contribution is -2.47. The quantitative estimate of drug-likeness (QED) is 0.637. The van der Waals surface area contributed by atoms with Crippen molar-refractivity contribution in [1.29, 1.82) is 0 Å². The fraction of sp³-hybridized carbons (Fsp3) is 0.350. The number of sulfonamides is 1. The van der Waals surface area contributed by atoms with Crippen molar-refractivity contribution < 1.29 is 22.7 Å². The molecule has 1 amide bonds. The van der Waals surface area contributed by atoms with E-state index in [-0.39, 0.29) is 37.7 Å². The fourth-order valence-corrected chi connectivity index (χ4v) is 6.87. The molecule has 0 aliphatic carbocycles. The number of amides is 1. The van der Waals surface area contributed by atoms with Crippen LogP contribution in [0.1, 0.15) is 36.0 Å². The van der Waals surface area contributed by atoms with Crippen LogP contribution in [0.5, 0.6) is 0 Å². The van der Waals surface area contributed by atoms with Crippen molar-refractivity contribution in [3.63, 3.8) is 0 Å². The Morgan fingerprint density at radius 2 is 1.83 bits per heavy atom. The highest BCUT2D eigenvalue weighted by molar-refractivity contribution is 9.10. The van der Waals surface area contributed by atoms with Gasteiger partial charge in [-0.3, -0.25) is 4.79 Å². The molecule has 2 saturated heterocycles. The first-order valence-electron chi connectivity index (χ1n) is 9.44. The SMILES string of the molecule is O=C(Nc1ccc(Br)c(F)c1)c1ccc(Cl)c(S(=O)(=O)N2C3CCC2CC(O)C3)c1. The van der Waals surface area contributed by atoms with E-state index in [4.69, 9.17) is 11.6 Å². The lowest BCUT2D eigenvalue weighted by atomic mass is 10.0. The summed E-state index contributed by atoms with van der Waals surface area (Å²) in [5.41, 5.74) is 0.328. The monoisotopic (exact) mass is 516 g/mol. The predicted molar refractivity (Wildman–Crippen MR) is 115 cm³/mol. The van der Waals surface area contributed by atoms with Crippen LogP contribution in [0.25, 0.3) is 0 Å². The average Bonchev–Trinajstić information content (AvgIpc) is 2.97. The number of hydrogen-bond donors (Lipinski definition) is 2. The van der Waals surface area contributed by atoms with Gasteiger partial charge in [0.25, 0.3) is 5.91 Å². The van der Waals surface area contributed by atoms with Gasteiger partial charge < -0.3 is 10.4 Å². The van der Waals surface area contributed by atoms with Gasteiger partial charge in [-0.25, -0.2) is 12.8 Å². The van der Waals surface area contributed by atoms with Crippen molar-refractivity contribution in [1.82, 2.24) is 4.31 Å². The molecule has 2 N–H and O–H groups in total. The predicted octanol–water partition coefficient (Wildman–Crippen LogP) is 4.17. The third kappa shape index (κ3) is 4.01. The Hall–Kier alpha value is -1.52. The van der Waals surface area contributed by atoms with E-state index in [2.05, 4.69) is 21.2 Å². The smallest absolute Gasteiger partial charge is 0.255 e. The number of benzene rings is 2. The van der Waals surface area contributed by atoms with Crippen molar-refractivity contribution in [2.75, 3.05) is 5.32 Å². The summed E-state index contributed by atoms with van der Waals surface area (Å²) in [5, 5.41) is 12.5. The third-order valence-corrected chi connectivity index (χ3v) is 8.70. The molecule has 2 aliphatic heterocycles. The third-order valence-electron chi connectivity index (χ3n) is 5.57. The normalized spacial score (nSPS) is 24.1. The number of carbonyl (C=O) groups is 1. The summed E-state index contributed by atoms with van der Waals surface area (Å²) in [4.78, 5) is 12.5. The summed E-state index contributed by atoms with van der Waals surface area (Å²) < 4.78 is 42.1. The molecule has 0 aromatic heterocycles. The molecule has 2 aromatic rings. The molecule has 2 unspecified atom stereocenters. The highest BCUT2D eigenvalue weighted by atomic mass is 79.9. The number of rotatable bonds is 4. The molecular weight excluding hydrogens is 499 g/mol. The van der Waals surface area contributed by atoms with Crippen molar-refractivity contribution in [3.8, 4) is 0 Å². The summed E-state index contributed by atoms with van der Waals surface area (Å²) >= 11 is 9.25. The summed E-state index contributed by atoms with van der Waals surface area (Å²) in [6.07, 6.45) is 1.65. The van der Waals surface area contributed by atoms with Gasteiger partial charge in [0.2, 0.25) is 10.0 Å². The first kappa shape index (κ1) is 21.7. The number of aliphatic hydroxyl groups excluding tert-OH is 1. The van der Waals surface area contributed by atoms with Gasteiger partial charge in [-0.1, -0.05) is 11.6 Å². The minimum Gasteiger partial charge on any atom is -0.393 e. The van der Waals surface area contributed by atoms with E-state index < -0.39 is 27.9 Å². The highest BCUT2D eigenvalue weighted by Gasteiger charge is 2.47. The maximum absolute atomic E-state index is 13.7. The molecule has 4 rings (SSSR count). The van der Waals surface area contributed by atoms with Crippen molar-refractivity contribution in [3.05, 3.63) is 57.3 Å². The molecule has 2 heterocycles. The van der Waals surface area contributed by atoms with Crippen LogP contribution in [0.2, 0.25) is 5.02 Å². The molecule has 0 spiro atoms. The van der Waals surface area contributed by atoms with Gasteiger partial charge in [-0.05, 0) is 78.0 Å². The first-order chi connectivity index (χ1) is 14.2. The zero-order chi connectivity index (χ0) is 21.6. The number of aliphatic hydroxyl groups is 1. The van der Waals surface area contributed by atoms with Crippen LogP contribution in [0.4, 0.5) is 10.1 Å². The number of anilines is 1. The minimum atomic E-state index is -3.95. The van der Waals surface area contributed by atoms with Crippen LogP contribution >= 0.6 is 27.5 Å². The van der Waals surface area contributed by atoms with Gasteiger partial charge >= 0.3 is 0 Å². The molecule has 30 heavy (non-hydrogen) atoms. The molecule has 2 aromatic carbocycles. The second kappa shape index (κ2) is 8.20. The molecule has 160 valence electrons. The van der Waals surface area contributed by atoms with E-state index >= 15 is 0 Å². The molecule has 2 atom stereocenters. The lowest BCUT2D eigenvalue weighted by Gasteiger charge is -2.36. The standard InChI is InChI=1S/C20H19BrClFN2O4S/c21-16-5-2-12(8-18(16)23)24-20(27)11-1-6-17(22)19(7-11)30(28,29)25-13-3-4-14(25)10-15(26)9-13/h1-2,5-8,13-15,26H,3-4,9-10H2,(H,24,27). The van der Waals surface area contributed by atoms with E-state index in [1.54, 1.807) is 0 Å². The van der Waals surface area contributed by atoms with E-state index in [0.29, 0.717) is 25.7 Å². The van der Waals surface area contributed by atoms with Gasteiger partial charge in [0.1, 0.15) is 10.7 Å². The van der Waals surface area contributed by atoms with Crippen molar-refractivity contribution in [2.45, 2.75) is 48.8 Å². The molecule has 0 radical (unpaired) electrons. The topological polar surface area (TPSA) is 86.7 Å². The van der Waals surface area contributed by atoms with Crippen molar-refractivity contribution >= 4 is 49.1 Å². The number of nitrogens with one attached hydrogen (secondary N) is 1. The Labute approximate surface area is 187 Å². The number of hydrogen-bond acceptors (Lipinski definition) is 4. The molecule has 2 bridgehead atoms. The Morgan fingerprint density at radius 1 is 1.17 bits per heavy atom. The molecule has 10 heteroatoms. The summed E-state index contributed by atoms with van der Waals surface area (Å²) in [6.45, 7) is 0. The lowest BCUT2D eigenvalue weighted by molar-refractivity contribution is 0.0769. The number of piperidine rings is 1. The largest absolute Gasteiger partial charge is 0.393 e. The van der Waals surface area contributed by atoms with E-state index in [9.17, 15) is 22.7 Å². The van der Waals surface area contributed by atoms with Gasteiger partial charge in [-0.2, -0.15) is 4.31 Å². The van der Waals surface area contributed by atoms with Gasteiger partial charge in [-0.15, -0.1) is 0 Å². The molecular formula is C20H19BrClFN2O4S. The molecule has 0 saturated carbocycles. The summed E-state index contributed by atoms with van der Waals surface area (Å²) in [5.74, 6) is -1.11. The zero-order valence-electron chi connectivity index (χ0n) is 15.7. The number of halogens is 3. The summed E-state index contributed by atoms with van der Waals surface area (Å²) in [7, 11) is -3.95. The Kier molecular flexibility index (Phi) is 5.93. The van der Waals surface area contributed by atoms with Gasteiger partial charge in [0.05, 0.1) is 15.6 Å². The van der Waals surface area contributed by atoms with Crippen LogP contribution in [0.15, 0.2) is 45.8 Å². The molecule has 2 fully saturated rings. The van der Waals surface area contributed by atoms with Crippen LogP contribution in [-0.4, -0.2) is 41.9 Å². The van der Waals surface area contributed by atoms with Crippen LogP contribution in [0.3, 0.4) is 0 Å². The number of fused-ring (bicyclic) bond motifs is 2. The van der Waals surface area contributed by atoms with Crippen LogP contribution < -0.4 is 5.32 Å². The van der Waals surface area contributed by atoms with E-state index in [1.807, 2.05) is 0 Å².